The molecule has 0 atom stereocenters. The number of nitriles is 2. The Morgan fingerprint density at radius 3 is 1.66 bits per heavy atom. The number of rotatable bonds is 6. The Morgan fingerprint density at radius 1 is 0.800 bits per heavy atom. The van der Waals surface area contributed by atoms with Gasteiger partial charge in [0.25, 0.3) is 11.4 Å². The lowest BCUT2D eigenvalue weighted by Gasteiger charge is -2.16. The molecule has 0 unspecified atom stereocenters. The maximum atomic E-state index is 8.82. The van der Waals surface area contributed by atoms with Gasteiger partial charge in [-0.15, -0.1) is 11.3 Å². The molecule has 3 aromatic rings. The van der Waals surface area contributed by atoms with Crippen LogP contribution in [-0.4, -0.2) is 13.2 Å². The number of furan rings is 2. The first kappa shape index (κ1) is 23.0. The van der Waals surface area contributed by atoms with Gasteiger partial charge in [-0.1, -0.05) is 12.2 Å². The van der Waals surface area contributed by atoms with Gasteiger partial charge in [-0.25, -0.2) is 20.2 Å². The van der Waals surface area contributed by atoms with E-state index in [0.717, 1.165) is 9.75 Å². The van der Waals surface area contributed by atoms with Crippen LogP contribution in [0.4, 0.5) is 0 Å². The molecule has 3 aromatic heterocycles. The highest BCUT2D eigenvalue weighted by Crippen LogP contribution is 2.54. The van der Waals surface area contributed by atoms with E-state index in [4.69, 9.17) is 42.0 Å². The van der Waals surface area contributed by atoms with Crippen molar-refractivity contribution in [3.05, 3.63) is 94.3 Å². The van der Waals surface area contributed by atoms with Crippen molar-refractivity contribution in [3.63, 3.8) is 0 Å². The highest BCUT2D eigenvalue weighted by atomic mass is 32.1. The van der Waals surface area contributed by atoms with E-state index in [-0.39, 0.29) is 11.4 Å². The third-order valence-electron chi connectivity index (χ3n) is 4.60. The van der Waals surface area contributed by atoms with Crippen LogP contribution in [0.1, 0.15) is 11.5 Å². The second kappa shape index (κ2) is 10.6. The Kier molecular flexibility index (Phi) is 6.95. The summed E-state index contributed by atoms with van der Waals surface area (Å²) in [6.07, 6.45) is 9.32. The van der Waals surface area contributed by atoms with Gasteiger partial charge in [0.1, 0.15) is 46.0 Å². The third-order valence-corrected chi connectivity index (χ3v) is 5.78. The van der Waals surface area contributed by atoms with Crippen molar-refractivity contribution in [1.29, 1.82) is 10.5 Å². The molecular weight excluding hydrogens is 464 g/mol. The van der Waals surface area contributed by atoms with Crippen LogP contribution in [0.3, 0.4) is 0 Å². The van der Waals surface area contributed by atoms with Crippen LogP contribution in [0.15, 0.2) is 68.8 Å². The van der Waals surface area contributed by atoms with Crippen molar-refractivity contribution < 1.29 is 18.3 Å². The van der Waals surface area contributed by atoms with Crippen LogP contribution in [0.5, 0.6) is 11.5 Å². The molecule has 168 valence electrons. The summed E-state index contributed by atoms with van der Waals surface area (Å²) in [5.74, 6) is 3.41. The molecule has 0 saturated carbocycles. The fourth-order valence-corrected chi connectivity index (χ4v) is 4.18. The number of allylic oxidation sites excluding steroid dienone is 6. The molecule has 35 heavy (non-hydrogen) atoms. The van der Waals surface area contributed by atoms with E-state index in [2.05, 4.69) is 9.69 Å². The first-order chi connectivity index (χ1) is 17.2. The molecule has 0 aromatic carbocycles. The summed E-state index contributed by atoms with van der Waals surface area (Å²) in [5.41, 5.74) is -0.0350. The molecular formula is C26H14N4O4S. The highest BCUT2D eigenvalue weighted by Gasteiger charge is 2.29. The molecule has 1 aliphatic rings. The van der Waals surface area contributed by atoms with E-state index in [9.17, 15) is 0 Å². The molecule has 1 aliphatic heterocycles. The first-order valence-electron chi connectivity index (χ1n) is 10.1. The van der Waals surface area contributed by atoms with Crippen molar-refractivity contribution >= 4 is 23.5 Å². The van der Waals surface area contributed by atoms with Crippen molar-refractivity contribution in [1.82, 2.24) is 0 Å². The quantitative estimate of drug-likeness (QED) is 0.221. The van der Waals surface area contributed by atoms with Gasteiger partial charge in [0, 0.05) is 0 Å². The summed E-state index contributed by atoms with van der Waals surface area (Å²) in [6, 6.07) is 10.8. The Bertz CT molecular complexity index is 1400. The topological polar surface area (TPSA) is 101 Å². The maximum Gasteiger partial charge on any atom is 0.261 e. The lowest BCUT2D eigenvalue weighted by atomic mass is 10.2. The molecule has 4 rings (SSSR count). The second-order valence-corrected chi connectivity index (χ2v) is 7.81. The largest absolute Gasteiger partial charge is 0.484 e. The molecule has 0 N–H and O–H groups in total. The smallest absolute Gasteiger partial charge is 0.261 e. The number of hydrogen-bond acceptors (Lipinski definition) is 7. The van der Waals surface area contributed by atoms with Crippen LogP contribution in [-0.2, 0) is 0 Å². The lowest BCUT2D eigenvalue weighted by molar-refractivity contribution is 0.174. The Balaban J connectivity index is 1.63. The summed E-state index contributed by atoms with van der Waals surface area (Å²) in [4.78, 5) is 7.70. The van der Waals surface area contributed by atoms with Gasteiger partial charge in [-0.3, -0.25) is 0 Å². The van der Waals surface area contributed by atoms with Crippen LogP contribution in [0, 0.1) is 35.8 Å². The van der Waals surface area contributed by atoms with E-state index in [1.807, 2.05) is 12.1 Å². The zero-order valence-electron chi connectivity index (χ0n) is 18.0. The van der Waals surface area contributed by atoms with Gasteiger partial charge in [-0.05, 0) is 48.6 Å². The van der Waals surface area contributed by atoms with Gasteiger partial charge >= 0.3 is 0 Å². The Hall–Kier alpha value is -5.22. The van der Waals surface area contributed by atoms with Crippen LogP contribution < -0.4 is 9.47 Å². The summed E-state index contributed by atoms with van der Waals surface area (Å²) in [7, 11) is 0. The van der Waals surface area contributed by atoms with Crippen molar-refractivity contribution in [2.24, 2.45) is 0 Å². The van der Waals surface area contributed by atoms with E-state index < -0.39 is 0 Å². The summed E-state index contributed by atoms with van der Waals surface area (Å²) < 4.78 is 23.7. The number of ether oxygens (including phenoxy) is 2. The van der Waals surface area contributed by atoms with E-state index in [1.165, 1.54) is 23.5 Å². The van der Waals surface area contributed by atoms with Crippen molar-refractivity contribution in [2.45, 2.75) is 0 Å². The molecule has 0 radical (unpaired) electrons. The highest BCUT2D eigenvalue weighted by molar-refractivity contribution is 7.19. The van der Waals surface area contributed by atoms with Crippen LogP contribution in [0.25, 0.3) is 43.1 Å². The molecule has 0 fully saturated rings. The van der Waals surface area contributed by atoms with E-state index in [1.54, 1.807) is 48.6 Å². The Morgan fingerprint density at radius 2 is 1.26 bits per heavy atom. The normalized spacial score (nSPS) is 13.4. The minimum Gasteiger partial charge on any atom is -0.484 e. The van der Waals surface area contributed by atoms with Crippen LogP contribution >= 0.6 is 11.3 Å². The average Bonchev–Trinajstić information content (AvgIpc) is 3.63. The molecule has 4 heterocycles. The lowest BCUT2D eigenvalue weighted by Crippen LogP contribution is -2.14. The molecule has 8 nitrogen and oxygen atoms in total. The standard InChI is InChI=1S/C26H14N4O4S/c1-29-17(15-27)5-3-7-19-9-11-21(33-19)25-23-24(32-14-13-31-23)26(35-25)22-12-10-20(34-22)8-4-6-18(16-28)30-2/h3-12H,13-14H2/b7-3+,8-4+,17-5-,18-6+. The first-order valence-corrected chi connectivity index (χ1v) is 10.9. The van der Waals surface area contributed by atoms with Crippen molar-refractivity contribution in [2.75, 3.05) is 13.2 Å². The summed E-state index contributed by atoms with van der Waals surface area (Å²) in [5, 5.41) is 17.6. The predicted molar refractivity (Wildman–Crippen MR) is 129 cm³/mol. The van der Waals surface area contributed by atoms with Crippen molar-refractivity contribution in [3.8, 4) is 44.9 Å². The summed E-state index contributed by atoms with van der Waals surface area (Å²) >= 11 is 1.40. The number of nitrogens with zero attached hydrogens (tertiary/aromatic N) is 4. The third kappa shape index (κ3) is 5.07. The minimum absolute atomic E-state index is 0.0175. The SMILES string of the molecule is [C-]#[N+]/C(C#N)=C\C=C\c1ccc(-c2sc(-c3ccc(/C=C/C=C(\C#N)[N+]#[C-])o3)c3c2OCCO3)o1. The second-order valence-electron chi connectivity index (χ2n) is 6.79. The molecule has 9 heteroatoms. The minimum atomic E-state index is -0.0175. The van der Waals surface area contributed by atoms with E-state index >= 15 is 0 Å². The monoisotopic (exact) mass is 478 g/mol. The zero-order chi connectivity index (χ0) is 24.6. The molecule has 0 spiro atoms. The van der Waals surface area contributed by atoms with Gasteiger partial charge < -0.3 is 18.3 Å². The van der Waals surface area contributed by atoms with Gasteiger partial charge in [0.15, 0.2) is 11.5 Å². The fourth-order valence-electron chi connectivity index (χ4n) is 3.07. The number of thiophene rings is 1. The van der Waals surface area contributed by atoms with Gasteiger partial charge in [0.2, 0.25) is 0 Å². The van der Waals surface area contributed by atoms with Gasteiger partial charge in [0.05, 0.1) is 25.3 Å². The Labute approximate surface area is 204 Å². The predicted octanol–water partition coefficient (Wildman–Crippen LogP) is 6.72. The average molecular weight is 478 g/mol. The number of fused-ring (bicyclic) bond motifs is 1. The molecule has 0 amide bonds. The van der Waals surface area contributed by atoms with Gasteiger partial charge in [-0.2, -0.15) is 0 Å². The fraction of sp³-hybridized carbons (Fsp3) is 0.0769. The number of hydrogen-bond donors (Lipinski definition) is 0. The van der Waals surface area contributed by atoms with Crippen LogP contribution in [0.2, 0.25) is 0 Å². The van der Waals surface area contributed by atoms with E-state index in [0.29, 0.717) is 47.8 Å². The molecule has 0 saturated heterocycles. The molecule has 0 aliphatic carbocycles. The molecule has 0 bridgehead atoms. The summed E-state index contributed by atoms with van der Waals surface area (Å²) in [6.45, 7) is 14.6. The maximum absolute atomic E-state index is 8.82. The zero-order valence-corrected chi connectivity index (χ0v) is 18.8.